The van der Waals surface area contributed by atoms with Crippen molar-refractivity contribution >= 4 is 0 Å². The second-order valence-electron chi connectivity index (χ2n) is 5.17. The van der Waals surface area contributed by atoms with Crippen LogP contribution in [0, 0.1) is 5.41 Å². The normalized spacial score (nSPS) is 21.2. The van der Waals surface area contributed by atoms with Crippen LogP contribution in [0.1, 0.15) is 58.8 Å². The summed E-state index contributed by atoms with van der Waals surface area (Å²) in [5, 5.41) is 3.72. The molecule has 0 saturated heterocycles. The maximum atomic E-state index is 5.17. The molecular weight excluding hydrogens is 198 g/mol. The molecule has 1 aliphatic carbocycles. The van der Waals surface area contributed by atoms with E-state index in [4.69, 9.17) is 4.74 Å². The Balaban J connectivity index is 2.51. The lowest BCUT2D eigenvalue weighted by Gasteiger charge is -2.37. The Bertz CT molecular complexity index is 176. The summed E-state index contributed by atoms with van der Waals surface area (Å²) < 4.78 is 5.17. The number of hydrogen-bond donors (Lipinski definition) is 1. The van der Waals surface area contributed by atoms with Crippen molar-refractivity contribution in [2.75, 3.05) is 20.3 Å². The first-order valence-electron chi connectivity index (χ1n) is 7.01. The summed E-state index contributed by atoms with van der Waals surface area (Å²) in [6.07, 6.45) is 9.51. The second-order valence-corrected chi connectivity index (χ2v) is 5.17. The number of methoxy groups -OCH3 is 1. The van der Waals surface area contributed by atoms with Crippen LogP contribution in [0.3, 0.4) is 0 Å². The summed E-state index contributed by atoms with van der Waals surface area (Å²) in [5.74, 6) is 0. The average Bonchev–Trinajstić information content (AvgIpc) is 2.78. The summed E-state index contributed by atoms with van der Waals surface area (Å²) >= 11 is 0. The fraction of sp³-hybridized carbons (Fsp3) is 1.00. The fourth-order valence-electron chi connectivity index (χ4n) is 3.33. The monoisotopic (exact) mass is 227 g/mol. The van der Waals surface area contributed by atoms with Crippen molar-refractivity contribution in [2.24, 2.45) is 5.41 Å². The molecule has 0 heterocycles. The Labute approximate surface area is 101 Å². The van der Waals surface area contributed by atoms with E-state index >= 15 is 0 Å². The Hall–Kier alpha value is -0.0800. The van der Waals surface area contributed by atoms with Gasteiger partial charge in [0.15, 0.2) is 0 Å². The van der Waals surface area contributed by atoms with Gasteiger partial charge >= 0.3 is 0 Å². The van der Waals surface area contributed by atoms with Crippen LogP contribution in [0.25, 0.3) is 0 Å². The summed E-state index contributed by atoms with van der Waals surface area (Å²) in [6.45, 7) is 6.59. The number of nitrogens with one attached hydrogen (secondary N) is 1. The lowest BCUT2D eigenvalue weighted by molar-refractivity contribution is 0.148. The molecule has 0 radical (unpaired) electrons. The molecule has 16 heavy (non-hydrogen) atoms. The van der Waals surface area contributed by atoms with E-state index in [0.717, 1.165) is 13.2 Å². The first-order valence-corrected chi connectivity index (χ1v) is 7.01. The van der Waals surface area contributed by atoms with Crippen molar-refractivity contribution in [3.8, 4) is 0 Å². The topological polar surface area (TPSA) is 21.3 Å². The third kappa shape index (κ3) is 3.46. The Morgan fingerprint density at radius 2 is 1.94 bits per heavy atom. The molecule has 0 aromatic heterocycles. The van der Waals surface area contributed by atoms with Crippen molar-refractivity contribution < 1.29 is 4.74 Å². The van der Waals surface area contributed by atoms with Crippen LogP contribution in [-0.2, 0) is 4.74 Å². The van der Waals surface area contributed by atoms with E-state index in [-0.39, 0.29) is 0 Å². The van der Waals surface area contributed by atoms with Gasteiger partial charge in [0.05, 0.1) is 0 Å². The van der Waals surface area contributed by atoms with Gasteiger partial charge in [0, 0.05) is 19.8 Å². The highest BCUT2D eigenvalue weighted by molar-refractivity contribution is 4.93. The number of ether oxygens (including phenoxy) is 1. The highest BCUT2D eigenvalue weighted by atomic mass is 16.5. The molecular formula is C14H29NO. The van der Waals surface area contributed by atoms with Gasteiger partial charge in [-0.15, -0.1) is 0 Å². The van der Waals surface area contributed by atoms with E-state index < -0.39 is 0 Å². The minimum Gasteiger partial charge on any atom is -0.385 e. The van der Waals surface area contributed by atoms with Crippen molar-refractivity contribution in [2.45, 2.75) is 64.8 Å². The van der Waals surface area contributed by atoms with Gasteiger partial charge in [-0.3, -0.25) is 0 Å². The van der Waals surface area contributed by atoms with Gasteiger partial charge in [0.1, 0.15) is 0 Å². The summed E-state index contributed by atoms with van der Waals surface area (Å²) in [6, 6.07) is 0.708. The van der Waals surface area contributed by atoms with Crippen molar-refractivity contribution in [1.82, 2.24) is 5.32 Å². The predicted molar refractivity (Wildman–Crippen MR) is 69.8 cm³/mol. The molecule has 1 aliphatic rings. The first-order chi connectivity index (χ1) is 7.79. The van der Waals surface area contributed by atoms with Gasteiger partial charge in [0.25, 0.3) is 0 Å². The molecule has 0 bridgehead atoms. The summed E-state index contributed by atoms with van der Waals surface area (Å²) in [4.78, 5) is 0. The van der Waals surface area contributed by atoms with Crippen LogP contribution in [0.2, 0.25) is 0 Å². The maximum absolute atomic E-state index is 5.17. The van der Waals surface area contributed by atoms with E-state index in [0.29, 0.717) is 11.5 Å². The van der Waals surface area contributed by atoms with Crippen LogP contribution >= 0.6 is 0 Å². The number of rotatable bonds is 8. The molecule has 1 N–H and O–H groups in total. The van der Waals surface area contributed by atoms with Gasteiger partial charge in [-0.1, -0.05) is 26.7 Å². The second kappa shape index (κ2) is 7.29. The van der Waals surface area contributed by atoms with Gasteiger partial charge in [-0.2, -0.15) is 0 Å². The Morgan fingerprint density at radius 1 is 1.25 bits per heavy atom. The largest absolute Gasteiger partial charge is 0.385 e. The van der Waals surface area contributed by atoms with Crippen LogP contribution in [0.15, 0.2) is 0 Å². The molecule has 0 aliphatic heterocycles. The van der Waals surface area contributed by atoms with E-state index in [2.05, 4.69) is 19.2 Å². The zero-order valence-electron chi connectivity index (χ0n) is 11.3. The van der Waals surface area contributed by atoms with Crippen molar-refractivity contribution in [3.05, 3.63) is 0 Å². The van der Waals surface area contributed by atoms with Gasteiger partial charge in [0.2, 0.25) is 0 Å². The summed E-state index contributed by atoms with van der Waals surface area (Å²) in [7, 11) is 1.80. The van der Waals surface area contributed by atoms with Crippen molar-refractivity contribution in [1.29, 1.82) is 0 Å². The smallest absolute Gasteiger partial charge is 0.0462 e. The highest BCUT2D eigenvalue weighted by Crippen LogP contribution is 2.45. The van der Waals surface area contributed by atoms with E-state index in [1.54, 1.807) is 7.11 Å². The molecule has 0 aromatic carbocycles. The minimum atomic E-state index is 0.587. The molecule has 2 nitrogen and oxygen atoms in total. The molecule has 1 unspecified atom stereocenters. The molecule has 1 atom stereocenters. The SMILES string of the molecule is CCNC(CCCOC)C1(CC)CCCC1. The molecule has 1 saturated carbocycles. The molecule has 1 rings (SSSR count). The lowest BCUT2D eigenvalue weighted by Crippen LogP contribution is -2.43. The predicted octanol–water partition coefficient (Wildman–Crippen LogP) is 3.36. The average molecular weight is 227 g/mol. The van der Waals surface area contributed by atoms with Crippen LogP contribution in [0.4, 0.5) is 0 Å². The first kappa shape index (κ1) is 14.0. The van der Waals surface area contributed by atoms with E-state index in [9.17, 15) is 0 Å². The third-order valence-electron chi connectivity index (χ3n) is 4.33. The van der Waals surface area contributed by atoms with Gasteiger partial charge < -0.3 is 10.1 Å². The summed E-state index contributed by atoms with van der Waals surface area (Å²) in [5.41, 5.74) is 0.587. The standard InChI is InChI=1S/C14H29NO/c1-4-14(10-6-7-11-14)13(15-5-2)9-8-12-16-3/h13,15H,4-12H2,1-3H3. The van der Waals surface area contributed by atoms with Gasteiger partial charge in [-0.25, -0.2) is 0 Å². The van der Waals surface area contributed by atoms with Crippen molar-refractivity contribution in [3.63, 3.8) is 0 Å². The molecule has 96 valence electrons. The minimum absolute atomic E-state index is 0.587. The molecule has 0 aromatic rings. The third-order valence-corrected chi connectivity index (χ3v) is 4.33. The van der Waals surface area contributed by atoms with E-state index in [1.165, 1.54) is 44.9 Å². The zero-order chi connectivity index (χ0) is 11.9. The van der Waals surface area contributed by atoms with E-state index in [1.807, 2.05) is 0 Å². The molecule has 0 spiro atoms. The van der Waals surface area contributed by atoms with Crippen LogP contribution < -0.4 is 5.32 Å². The quantitative estimate of drug-likeness (QED) is 0.642. The van der Waals surface area contributed by atoms with Crippen LogP contribution in [-0.4, -0.2) is 26.3 Å². The Morgan fingerprint density at radius 3 is 2.44 bits per heavy atom. The Kier molecular flexibility index (Phi) is 6.37. The zero-order valence-corrected chi connectivity index (χ0v) is 11.3. The maximum Gasteiger partial charge on any atom is 0.0462 e. The molecule has 2 heteroatoms. The molecule has 0 amide bonds. The lowest BCUT2D eigenvalue weighted by atomic mass is 9.74. The molecule has 1 fully saturated rings. The van der Waals surface area contributed by atoms with Gasteiger partial charge in [-0.05, 0) is 44.1 Å². The van der Waals surface area contributed by atoms with Crippen LogP contribution in [0.5, 0.6) is 0 Å². The number of hydrogen-bond acceptors (Lipinski definition) is 2. The highest BCUT2D eigenvalue weighted by Gasteiger charge is 2.38. The fourth-order valence-corrected chi connectivity index (χ4v) is 3.33.